The normalized spacial score (nSPS) is 11.9. The summed E-state index contributed by atoms with van der Waals surface area (Å²) in [5.74, 6) is -0.0485. The van der Waals surface area contributed by atoms with Gasteiger partial charge in [-0.2, -0.15) is 5.10 Å². The van der Waals surface area contributed by atoms with Crippen molar-refractivity contribution in [3.8, 4) is 11.3 Å². The quantitative estimate of drug-likeness (QED) is 0.310. The molecule has 1 unspecified atom stereocenters. The van der Waals surface area contributed by atoms with E-state index < -0.39 is 16.2 Å². The largest absolute Gasteiger partial charge is 0.772 e. The van der Waals surface area contributed by atoms with E-state index in [0.29, 0.717) is 12.0 Å². The number of benzene rings is 2. The standard InChI is InChI=1S/C19H19N3O5S/c23-22(24)27-11-10-21-19(17-8-6-16(7-9-17)14-28(25)26)18(13-20-21)12-15-4-2-1-3-5-15/h1-9,13H,10-12,14H2,(H,25,26)/p-1. The molecule has 0 fully saturated rings. The molecule has 0 radical (unpaired) electrons. The maximum atomic E-state index is 10.9. The van der Waals surface area contributed by atoms with E-state index in [1.165, 1.54) is 0 Å². The predicted octanol–water partition coefficient (Wildman–Crippen LogP) is 2.73. The van der Waals surface area contributed by atoms with Gasteiger partial charge in [0.05, 0.1) is 18.4 Å². The highest BCUT2D eigenvalue weighted by atomic mass is 32.2. The van der Waals surface area contributed by atoms with Crippen LogP contribution in [0.1, 0.15) is 16.7 Å². The Balaban J connectivity index is 1.91. The molecule has 0 aliphatic rings. The molecule has 146 valence electrons. The number of hydrogen-bond acceptors (Lipinski definition) is 6. The Morgan fingerprint density at radius 1 is 1.07 bits per heavy atom. The van der Waals surface area contributed by atoms with Crippen LogP contribution in [0.2, 0.25) is 0 Å². The van der Waals surface area contributed by atoms with E-state index in [-0.39, 0.29) is 18.9 Å². The van der Waals surface area contributed by atoms with E-state index >= 15 is 0 Å². The summed E-state index contributed by atoms with van der Waals surface area (Å²) in [6.45, 7) is 0.108. The van der Waals surface area contributed by atoms with Gasteiger partial charge >= 0.3 is 0 Å². The lowest BCUT2D eigenvalue weighted by molar-refractivity contribution is -0.758. The second-order valence-electron chi connectivity index (χ2n) is 6.11. The molecule has 0 N–H and O–H groups in total. The Morgan fingerprint density at radius 3 is 2.43 bits per heavy atom. The molecule has 28 heavy (non-hydrogen) atoms. The average molecular weight is 400 g/mol. The van der Waals surface area contributed by atoms with Gasteiger partial charge in [-0.15, -0.1) is 10.1 Å². The van der Waals surface area contributed by atoms with Crippen LogP contribution in [0.5, 0.6) is 0 Å². The molecule has 3 aromatic rings. The van der Waals surface area contributed by atoms with Crippen LogP contribution >= 0.6 is 0 Å². The molecule has 0 aliphatic carbocycles. The summed E-state index contributed by atoms with van der Waals surface area (Å²) in [5, 5.41) is 14.0. The zero-order valence-corrected chi connectivity index (χ0v) is 15.7. The second-order valence-corrected chi connectivity index (χ2v) is 7.00. The molecular weight excluding hydrogens is 382 g/mol. The van der Waals surface area contributed by atoms with Gasteiger partial charge in [0.2, 0.25) is 0 Å². The van der Waals surface area contributed by atoms with Crippen LogP contribution < -0.4 is 0 Å². The second kappa shape index (κ2) is 9.25. The van der Waals surface area contributed by atoms with Gasteiger partial charge in [-0.1, -0.05) is 65.7 Å². The molecule has 0 bridgehead atoms. The Labute approximate surface area is 164 Å². The highest BCUT2D eigenvalue weighted by Crippen LogP contribution is 2.26. The lowest BCUT2D eigenvalue weighted by Gasteiger charge is -2.11. The third-order valence-electron chi connectivity index (χ3n) is 4.16. The molecule has 0 aliphatic heterocycles. The zero-order chi connectivity index (χ0) is 19.9. The first-order valence-electron chi connectivity index (χ1n) is 8.54. The molecule has 8 nitrogen and oxygen atoms in total. The molecule has 2 aromatic carbocycles. The van der Waals surface area contributed by atoms with E-state index in [4.69, 9.17) is 0 Å². The molecule has 1 atom stereocenters. The van der Waals surface area contributed by atoms with Crippen LogP contribution in [0.15, 0.2) is 60.8 Å². The van der Waals surface area contributed by atoms with Crippen LogP contribution in [0.25, 0.3) is 11.3 Å². The lowest BCUT2D eigenvalue weighted by Crippen LogP contribution is -2.12. The van der Waals surface area contributed by atoms with Crippen molar-refractivity contribution in [2.24, 2.45) is 0 Å². The monoisotopic (exact) mass is 400 g/mol. The van der Waals surface area contributed by atoms with E-state index in [9.17, 15) is 18.9 Å². The maximum absolute atomic E-state index is 10.9. The third-order valence-corrected chi connectivity index (χ3v) is 4.73. The number of rotatable bonds is 9. The summed E-state index contributed by atoms with van der Waals surface area (Å²) in [6.07, 6.45) is 2.40. The van der Waals surface area contributed by atoms with Crippen molar-refractivity contribution < 1.29 is 18.7 Å². The van der Waals surface area contributed by atoms with Crippen molar-refractivity contribution >= 4 is 11.1 Å². The fourth-order valence-electron chi connectivity index (χ4n) is 2.97. The molecule has 0 amide bonds. The SMILES string of the molecule is O=[N+]([O-])OCCn1ncc(Cc2ccccc2)c1-c1ccc(CS(=O)[O-])cc1. The molecule has 0 saturated carbocycles. The molecule has 3 rings (SSSR count). The van der Waals surface area contributed by atoms with Gasteiger partial charge in [-0.25, -0.2) is 0 Å². The molecule has 9 heteroatoms. The van der Waals surface area contributed by atoms with Crippen LogP contribution in [0.3, 0.4) is 0 Å². The van der Waals surface area contributed by atoms with Crippen molar-refractivity contribution in [2.45, 2.75) is 18.7 Å². The summed E-state index contributed by atoms with van der Waals surface area (Å²) in [7, 11) is 0. The van der Waals surface area contributed by atoms with Crippen LogP contribution in [0.4, 0.5) is 0 Å². The first kappa shape index (κ1) is 19.7. The maximum Gasteiger partial charge on any atom is 0.294 e. The minimum atomic E-state index is -2.15. The Kier molecular flexibility index (Phi) is 6.51. The van der Waals surface area contributed by atoms with Crippen molar-refractivity contribution in [1.82, 2.24) is 9.78 Å². The number of nitrogens with zero attached hydrogens (tertiary/aromatic N) is 3. The lowest BCUT2D eigenvalue weighted by atomic mass is 10.0. The van der Waals surface area contributed by atoms with E-state index in [1.54, 1.807) is 23.0 Å². The predicted molar refractivity (Wildman–Crippen MR) is 102 cm³/mol. The first-order chi connectivity index (χ1) is 13.5. The van der Waals surface area contributed by atoms with Gasteiger partial charge in [0.1, 0.15) is 6.61 Å². The van der Waals surface area contributed by atoms with E-state index in [0.717, 1.165) is 22.4 Å². The average Bonchev–Trinajstić information content (AvgIpc) is 3.05. The fourth-order valence-corrected chi connectivity index (χ4v) is 3.43. The van der Waals surface area contributed by atoms with Crippen LogP contribution in [-0.2, 0) is 34.6 Å². The molecular formula is C19H18N3O5S-. The van der Waals surface area contributed by atoms with E-state index in [1.807, 2.05) is 42.5 Å². The zero-order valence-electron chi connectivity index (χ0n) is 14.9. The number of hydrogen-bond donors (Lipinski definition) is 0. The first-order valence-corrected chi connectivity index (χ1v) is 9.78. The number of aromatic nitrogens is 2. The van der Waals surface area contributed by atoms with Gasteiger partial charge in [0.25, 0.3) is 5.09 Å². The third kappa shape index (κ3) is 5.24. The van der Waals surface area contributed by atoms with E-state index in [2.05, 4.69) is 9.94 Å². The van der Waals surface area contributed by atoms with Crippen LogP contribution in [-0.4, -0.2) is 30.2 Å². The van der Waals surface area contributed by atoms with Crippen molar-refractivity contribution in [2.75, 3.05) is 6.61 Å². The highest BCUT2D eigenvalue weighted by molar-refractivity contribution is 7.78. The Morgan fingerprint density at radius 2 is 1.79 bits per heavy atom. The van der Waals surface area contributed by atoms with Gasteiger partial charge in [-0.3, -0.25) is 8.89 Å². The van der Waals surface area contributed by atoms with Crippen LogP contribution in [0, 0.1) is 10.1 Å². The van der Waals surface area contributed by atoms with Gasteiger partial charge < -0.3 is 9.39 Å². The minimum absolute atomic E-state index is 0.0485. The van der Waals surface area contributed by atoms with Crippen molar-refractivity contribution in [3.05, 3.63) is 87.6 Å². The van der Waals surface area contributed by atoms with Gasteiger partial charge in [0.15, 0.2) is 0 Å². The molecule has 0 saturated heterocycles. The van der Waals surface area contributed by atoms with Crippen molar-refractivity contribution in [1.29, 1.82) is 0 Å². The summed E-state index contributed by atoms with van der Waals surface area (Å²) < 4.78 is 23.4. The molecule has 1 heterocycles. The Hall–Kier alpha value is -3.04. The highest BCUT2D eigenvalue weighted by Gasteiger charge is 2.14. The summed E-state index contributed by atoms with van der Waals surface area (Å²) >= 11 is -2.15. The fraction of sp³-hybridized carbons (Fsp3) is 0.211. The summed E-state index contributed by atoms with van der Waals surface area (Å²) in [6, 6.07) is 17.1. The van der Waals surface area contributed by atoms with Gasteiger partial charge in [0, 0.05) is 23.3 Å². The summed E-state index contributed by atoms with van der Waals surface area (Å²) in [5.41, 5.74) is 4.44. The smallest absolute Gasteiger partial charge is 0.294 e. The van der Waals surface area contributed by atoms with Gasteiger partial charge in [-0.05, 0) is 11.1 Å². The molecule has 1 aromatic heterocycles. The van der Waals surface area contributed by atoms with Crippen molar-refractivity contribution in [3.63, 3.8) is 0 Å². The topological polar surface area (TPSA) is 110 Å². The minimum Gasteiger partial charge on any atom is -0.772 e. The molecule has 0 spiro atoms. The summed E-state index contributed by atoms with van der Waals surface area (Å²) in [4.78, 5) is 14.8. The Bertz CT molecular complexity index is 957.